The first-order chi connectivity index (χ1) is 5.70. The lowest BCUT2D eigenvalue weighted by Crippen LogP contribution is -2.10. The van der Waals surface area contributed by atoms with Gasteiger partial charge in [0.05, 0.1) is 5.02 Å². The van der Waals surface area contributed by atoms with Crippen LogP contribution in [-0.4, -0.2) is 11.7 Å². The first kappa shape index (κ1) is 7.31. The predicted molar refractivity (Wildman–Crippen MR) is 49.0 cm³/mol. The molecule has 1 aliphatic rings. The second-order valence-electron chi connectivity index (χ2n) is 2.51. The van der Waals surface area contributed by atoms with Crippen LogP contribution in [0.2, 0.25) is 5.02 Å². The standard InChI is InChI=1S/C8H6ClN3/c9-5-3-1-2-4-6(5)8(11)12-7(4)10/h1-3H,(H3,10,11,12). The fraction of sp³-hybridized carbons (Fsp3) is 0. The Morgan fingerprint density at radius 2 is 2.17 bits per heavy atom. The Morgan fingerprint density at radius 3 is 2.83 bits per heavy atom. The molecule has 1 aromatic carbocycles. The molecule has 0 bridgehead atoms. The Morgan fingerprint density at radius 1 is 1.42 bits per heavy atom. The first-order valence-corrected chi connectivity index (χ1v) is 3.80. The molecule has 1 aliphatic heterocycles. The van der Waals surface area contributed by atoms with Crippen LogP contribution in [0.5, 0.6) is 0 Å². The summed E-state index contributed by atoms with van der Waals surface area (Å²) in [6.45, 7) is 0. The Hall–Kier alpha value is -1.35. The molecular formula is C8H6ClN3. The number of aliphatic imine (C=N–C) groups is 1. The van der Waals surface area contributed by atoms with Crippen molar-refractivity contribution in [3.8, 4) is 0 Å². The zero-order valence-electron chi connectivity index (χ0n) is 6.13. The molecule has 0 aromatic heterocycles. The van der Waals surface area contributed by atoms with Crippen molar-refractivity contribution in [3.05, 3.63) is 34.3 Å². The highest BCUT2D eigenvalue weighted by molar-refractivity contribution is 6.37. The minimum atomic E-state index is 0.185. The first-order valence-electron chi connectivity index (χ1n) is 3.42. The fourth-order valence-electron chi connectivity index (χ4n) is 1.22. The number of amidine groups is 2. The molecule has 0 fully saturated rings. The van der Waals surface area contributed by atoms with E-state index < -0.39 is 0 Å². The summed E-state index contributed by atoms with van der Waals surface area (Å²) in [6.07, 6.45) is 0. The van der Waals surface area contributed by atoms with Crippen LogP contribution in [0.1, 0.15) is 11.1 Å². The summed E-state index contributed by atoms with van der Waals surface area (Å²) in [6, 6.07) is 5.30. The highest BCUT2D eigenvalue weighted by Gasteiger charge is 2.20. The normalized spacial score (nSPS) is 14.4. The molecule has 0 unspecified atom stereocenters. The van der Waals surface area contributed by atoms with E-state index in [9.17, 15) is 0 Å². The summed E-state index contributed by atoms with van der Waals surface area (Å²) in [7, 11) is 0. The Kier molecular flexibility index (Phi) is 1.41. The summed E-state index contributed by atoms with van der Waals surface area (Å²) < 4.78 is 0. The number of fused-ring (bicyclic) bond motifs is 1. The van der Waals surface area contributed by atoms with Crippen LogP contribution in [0.3, 0.4) is 0 Å². The van der Waals surface area contributed by atoms with E-state index >= 15 is 0 Å². The van der Waals surface area contributed by atoms with Crippen LogP contribution in [0, 0.1) is 5.41 Å². The molecule has 2 rings (SSSR count). The molecule has 0 saturated carbocycles. The number of nitrogens with zero attached hydrogens (tertiary/aromatic N) is 1. The number of halogens is 1. The largest absolute Gasteiger partial charge is 0.383 e. The van der Waals surface area contributed by atoms with Gasteiger partial charge in [-0.15, -0.1) is 0 Å². The molecule has 1 heterocycles. The second kappa shape index (κ2) is 2.32. The van der Waals surface area contributed by atoms with E-state index in [1.165, 1.54) is 0 Å². The van der Waals surface area contributed by atoms with Gasteiger partial charge in [0.15, 0.2) is 5.84 Å². The molecule has 4 heteroatoms. The maximum absolute atomic E-state index is 7.43. The van der Waals surface area contributed by atoms with Crippen molar-refractivity contribution in [1.29, 1.82) is 5.41 Å². The Balaban J connectivity index is 2.77. The van der Waals surface area contributed by atoms with E-state index in [2.05, 4.69) is 4.99 Å². The van der Waals surface area contributed by atoms with Crippen molar-refractivity contribution in [2.45, 2.75) is 0 Å². The smallest absolute Gasteiger partial charge is 0.155 e. The van der Waals surface area contributed by atoms with Gasteiger partial charge >= 0.3 is 0 Å². The summed E-state index contributed by atoms with van der Waals surface area (Å²) >= 11 is 5.87. The number of benzene rings is 1. The lowest BCUT2D eigenvalue weighted by Gasteiger charge is -1.99. The fourth-order valence-corrected chi connectivity index (χ4v) is 1.49. The molecule has 0 saturated heterocycles. The zero-order chi connectivity index (χ0) is 8.72. The van der Waals surface area contributed by atoms with Crippen LogP contribution in [0.25, 0.3) is 0 Å². The molecule has 3 N–H and O–H groups in total. The van der Waals surface area contributed by atoms with Crippen molar-refractivity contribution in [1.82, 2.24) is 0 Å². The molecule has 0 atom stereocenters. The van der Waals surface area contributed by atoms with Crippen LogP contribution in [0.4, 0.5) is 0 Å². The van der Waals surface area contributed by atoms with Crippen LogP contribution >= 0.6 is 11.6 Å². The number of rotatable bonds is 0. The highest BCUT2D eigenvalue weighted by Crippen LogP contribution is 2.24. The van der Waals surface area contributed by atoms with E-state index in [4.69, 9.17) is 22.7 Å². The van der Waals surface area contributed by atoms with Gasteiger partial charge in [-0.2, -0.15) is 0 Å². The SMILES string of the molecule is N=C1N=C(N)c2c(Cl)cccc21. The van der Waals surface area contributed by atoms with Crippen molar-refractivity contribution >= 4 is 23.3 Å². The monoisotopic (exact) mass is 179 g/mol. The Labute approximate surface area is 74.4 Å². The van der Waals surface area contributed by atoms with Gasteiger partial charge in [-0.05, 0) is 6.07 Å². The zero-order valence-corrected chi connectivity index (χ0v) is 6.89. The van der Waals surface area contributed by atoms with Gasteiger partial charge in [-0.3, -0.25) is 5.41 Å². The van der Waals surface area contributed by atoms with E-state index in [-0.39, 0.29) is 5.84 Å². The molecule has 1 aromatic rings. The van der Waals surface area contributed by atoms with Gasteiger partial charge < -0.3 is 5.73 Å². The van der Waals surface area contributed by atoms with E-state index in [1.54, 1.807) is 18.2 Å². The quantitative estimate of drug-likeness (QED) is 0.621. The van der Waals surface area contributed by atoms with Crippen molar-refractivity contribution in [3.63, 3.8) is 0 Å². The van der Waals surface area contributed by atoms with Crippen LogP contribution in [0.15, 0.2) is 23.2 Å². The van der Waals surface area contributed by atoms with Crippen molar-refractivity contribution < 1.29 is 0 Å². The maximum Gasteiger partial charge on any atom is 0.155 e. The van der Waals surface area contributed by atoms with Gasteiger partial charge in [-0.25, -0.2) is 4.99 Å². The average Bonchev–Trinajstić information content (AvgIpc) is 2.29. The van der Waals surface area contributed by atoms with Gasteiger partial charge in [0.1, 0.15) is 5.84 Å². The van der Waals surface area contributed by atoms with E-state index in [0.717, 1.165) is 0 Å². The van der Waals surface area contributed by atoms with Gasteiger partial charge in [0.25, 0.3) is 0 Å². The van der Waals surface area contributed by atoms with Crippen LogP contribution in [-0.2, 0) is 0 Å². The number of nitrogens with two attached hydrogens (primary N) is 1. The summed E-state index contributed by atoms with van der Waals surface area (Å²) in [4.78, 5) is 3.81. The molecule has 3 nitrogen and oxygen atoms in total. The molecule has 0 amide bonds. The predicted octanol–water partition coefficient (Wildman–Crippen LogP) is 1.38. The van der Waals surface area contributed by atoms with Gasteiger partial charge in [-0.1, -0.05) is 23.7 Å². The van der Waals surface area contributed by atoms with Crippen LogP contribution < -0.4 is 5.73 Å². The van der Waals surface area contributed by atoms with Gasteiger partial charge in [0.2, 0.25) is 0 Å². The maximum atomic E-state index is 7.43. The van der Waals surface area contributed by atoms with E-state index in [0.29, 0.717) is 22.0 Å². The van der Waals surface area contributed by atoms with E-state index in [1.807, 2.05) is 0 Å². The molecular weight excluding hydrogens is 174 g/mol. The summed E-state index contributed by atoms with van der Waals surface area (Å²) in [5.74, 6) is 0.519. The average molecular weight is 180 g/mol. The lowest BCUT2D eigenvalue weighted by atomic mass is 10.1. The highest BCUT2D eigenvalue weighted by atomic mass is 35.5. The number of hydrogen-bond acceptors (Lipinski definition) is 2. The number of nitrogens with one attached hydrogen (secondary N) is 1. The molecule has 0 spiro atoms. The summed E-state index contributed by atoms with van der Waals surface area (Å²) in [5, 5.41) is 7.98. The molecule has 12 heavy (non-hydrogen) atoms. The van der Waals surface area contributed by atoms with Crippen molar-refractivity contribution in [2.75, 3.05) is 0 Å². The third-order valence-electron chi connectivity index (χ3n) is 1.76. The third kappa shape index (κ3) is 0.833. The lowest BCUT2D eigenvalue weighted by molar-refractivity contribution is 1.45. The summed E-state index contributed by atoms with van der Waals surface area (Å²) in [5.41, 5.74) is 6.96. The topological polar surface area (TPSA) is 62.2 Å². The van der Waals surface area contributed by atoms with Crippen molar-refractivity contribution in [2.24, 2.45) is 10.7 Å². The molecule has 0 radical (unpaired) electrons. The van der Waals surface area contributed by atoms with Gasteiger partial charge in [0, 0.05) is 11.1 Å². The minimum Gasteiger partial charge on any atom is -0.383 e. The molecule has 60 valence electrons. The molecule has 0 aliphatic carbocycles. The number of hydrogen-bond donors (Lipinski definition) is 2. The second-order valence-corrected chi connectivity index (χ2v) is 2.92. The Bertz CT molecular complexity index is 395. The third-order valence-corrected chi connectivity index (χ3v) is 2.07. The minimum absolute atomic E-state index is 0.185.